The second kappa shape index (κ2) is 6.45. The molecule has 1 amide bonds. The number of fused-ring (bicyclic) bond motifs is 1. The number of amides is 1. The summed E-state index contributed by atoms with van der Waals surface area (Å²) in [5, 5.41) is 15.6. The number of carbonyl (C=O) groups is 1. The van der Waals surface area contributed by atoms with Gasteiger partial charge >= 0.3 is 5.00 Å². The maximum Gasteiger partial charge on any atom is 0.324 e. The van der Waals surface area contributed by atoms with Crippen LogP contribution in [0.4, 0.5) is 5.00 Å². The molecule has 0 unspecified atom stereocenters. The number of nitrogens with zero attached hydrogens (tertiary/aromatic N) is 2. The van der Waals surface area contributed by atoms with Crippen LogP contribution >= 0.6 is 34.3 Å². The van der Waals surface area contributed by atoms with E-state index in [0.717, 1.165) is 21.4 Å². The molecular weight excluding hydrogens is 358 g/mol. The first kappa shape index (κ1) is 15.6. The second-order valence-corrected chi connectivity index (χ2v) is 6.90. The van der Waals surface area contributed by atoms with E-state index in [0.29, 0.717) is 14.8 Å². The highest BCUT2D eigenvalue weighted by Crippen LogP contribution is 2.34. The van der Waals surface area contributed by atoms with Gasteiger partial charge in [-0.1, -0.05) is 41.1 Å². The summed E-state index contributed by atoms with van der Waals surface area (Å²) in [6.45, 7) is 0. The van der Waals surface area contributed by atoms with Crippen molar-refractivity contribution in [1.29, 1.82) is 0 Å². The number of hydrogen-bond acceptors (Lipinski definition) is 6. The SMILES string of the molecule is O=C(N/N=C\c1ccc([N+](=O)[O-])s1)c1sc2ccccc2c1Cl. The van der Waals surface area contributed by atoms with Crippen LogP contribution in [0.2, 0.25) is 5.02 Å². The molecule has 0 radical (unpaired) electrons. The summed E-state index contributed by atoms with van der Waals surface area (Å²) in [5.41, 5.74) is 2.38. The third kappa shape index (κ3) is 3.24. The number of benzene rings is 1. The lowest BCUT2D eigenvalue weighted by Crippen LogP contribution is -2.16. The van der Waals surface area contributed by atoms with Gasteiger partial charge in [-0.05, 0) is 12.1 Å². The van der Waals surface area contributed by atoms with Crippen molar-refractivity contribution >= 4 is 61.5 Å². The molecule has 6 nitrogen and oxygen atoms in total. The van der Waals surface area contributed by atoms with Crippen molar-refractivity contribution in [2.45, 2.75) is 0 Å². The molecule has 0 saturated heterocycles. The standard InChI is InChI=1S/C14H8ClN3O3S2/c15-12-9-3-1-2-4-10(9)23-13(12)14(19)17-16-7-8-5-6-11(22-8)18(20)21/h1-7H,(H,17,19)/b16-7-. The van der Waals surface area contributed by atoms with Crippen molar-refractivity contribution in [3.63, 3.8) is 0 Å². The van der Waals surface area contributed by atoms with Gasteiger partial charge in [-0.2, -0.15) is 5.10 Å². The van der Waals surface area contributed by atoms with Crippen LogP contribution in [0.25, 0.3) is 10.1 Å². The Balaban J connectivity index is 1.74. The van der Waals surface area contributed by atoms with Gasteiger partial charge in [0.15, 0.2) is 0 Å². The van der Waals surface area contributed by atoms with E-state index in [-0.39, 0.29) is 5.00 Å². The van der Waals surface area contributed by atoms with Crippen molar-refractivity contribution in [3.8, 4) is 0 Å². The van der Waals surface area contributed by atoms with Gasteiger partial charge in [0.2, 0.25) is 0 Å². The Morgan fingerprint density at radius 3 is 2.74 bits per heavy atom. The van der Waals surface area contributed by atoms with Crippen molar-refractivity contribution in [2.75, 3.05) is 0 Å². The maximum absolute atomic E-state index is 12.1. The minimum Gasteiger partial charge on any atom is -0.266 e. The number of hydrazone groups is 1. The fourth-order valence-corrected chi connectivity index (χ4v) is 3.98. The first-order valence-electron chi connectivity index (χ1n) is 6.31. The van der Waals surface area contributed by atoms with Gasteiger partial charge in [-0.15, -0.1) is 11.3 Å². The Labute approximate surface area is 143 Å². The lowest BCUT2D eigenvalue weighted by molar-refractivity contribution is -0.380. The molecule has 0 aliphatic heterocycles. The smallest absolute Gasteiger partial charge is 0.266 e. The zero-order chi connectivity index (χ0) is 16.4. The van der Waals surface area contributed by atoms with Gasteiger partial charge in [-0.3, -0.25) is 14.9 Å². The van der Waals surface area contributed by atoms with E-state index in [9.17, 15) is 14.9 Å². The molecule has 3 aromatic rings. The van der Waals surface area contributed by atoms with Crippen molar-refractivity contribution in [3.05, 3.63) is 61.3 Å². The first-order valence-corrected chi connectivity index (χ1v) is 8.32. The number of nitro groups is 1. The van der Waals surface area contributed by atoms with E-state index in [1.54, 1.807) is 6.07 Å². The predicted molar refractivity (Wildman–Crippen MR) is 92.9 cm³/mol. The summed E-state index contributed by atoms with van der Waals surface area (Å²) in [6, 6.07) is 10.4. The van der Waals surface area contributed by atoms with Crippen LogP contribution in [0.3, 0.4) is 0 Å². The Morgan fingerprint density at radius 2 is 2.04 bits per heavy atom. The largest absolute Gasteiger partial charge is 0.324 e. The molecule has 0 spiro atoms. The Bertz CT molecular complexity index is 932. The molecule has 0 bridgehead atoms. The summed E-state index contributed by atoms with van der Waals surface area (Å²) in [4.78, 5) is 23.2. The van der Waals surface area contributed by atoms with Crippen LogP contribution in [0.15, 0.2) is 41.5 Å². The van der Waals surface area contributed by atoms with Crippen molar-refractivity contribution in [1.82, 2.24) is 5.43 Å². The van der Waals surface area contributed by atoms with E-state index in [2.05, 4.69) is 10.5 Å². The normalized spacial score (nSPS) is 11.2. The number of carbonyl (C=O) groups excluding carboxylic acids is 1. The highest BCUT2D eigenvalue weighted by Gasteiger charge is 2.16. The van der Waals surface area contributed by atoms with Crippen LogP contribution in [-0.4, -0.2) is 17.0 Å². The summed E-state index contributed by atoms with van der Waals surface area (Å²) in [7, 11) is 0. The average molecular weight is 366 g/mol. The summed E-state index contributed by atoms with van der Waals surface area (Å²) in [6.07, 6.45) is 1.36. The van der Waals surface area contributed by atoms with Crippen molar-refractivity contribution in [2.24, 2.45) is 5.10 Å². The Hall–Kier alpha value is -2.29. The molecule has 0 aliphatic rings. The monoisotopic (exact) mass is 365 g/mol. The van der Waals surface area contributed by atoms with Crippen LogP contribution in [-0.2, 0) is 0 Å². The molecule has 0 saturated carbocycles. The molecule has 0 atom stereocenters. The minimum atomic E-state index is -0.475. The molecule has 0 fully saturated rings. The third-order valence-corrected chi connectivity index (χ3v) is 5.54. The number of hydrogen-bond donors (Lipinski definition) is 1. The fourth-order valence-electron chi connectivity index (χ4n) is 1.88. The van der Waals surface area contributed by atoms with Crippen molar-refractivity contribution < 1.29 is 9.72 Å². The molecule has 3 rings (SSSR count). The van der Waals surface area contributed by atoms with Gasteiger partial charge in [0, 0.05) is 16.2 Å². The lowest BCUT2D eigenvalue weighted by atomic mass is 10.2. The van der Waals surface area contributed by atoms with Gasteiger partial charge in [-0.25, -0.2) is 5.43 Å². The fraction of sp³-hybridized carbons (Fsp3) is 0. The topological polar surface area (TPSA) is 84.6 Å². The highest BCUT2D eigenvalue weighted by atomic mass is 35.5. The van der Waals surface area contributed by atoms with E-state index in [4.69, 9.17) is 11.6 Å². The molecule has 0 aliphatic carbocycles. The summed E-state index contributed by atoms with van der Waals surface area (Å²) < 4.78 is 0.917. The predicted octanol–water partition coefficient (Wildman–Crippen LogP) is 4.29. The molecule has 9 heteroatoms. The first-order chi connectivity index (χ1) is 11.1. The quantitative estimate of drug-likeness (QED) is 0.425. The Morgan fingerprint density at radius 1 is 1.26 bits per heavy atom. The highest BCUT2D eigenvalue weighted by molar-refractivity contribution is 7.21. The third-order valence-electron chi connectivity index (χ3n) is 2.89. The molecule has 116 valence electrons. The van der Waals surface area contributed by atoms with E-state index in [1.165, 1.54) is 23.6 Å². The van der Waals surface area contributed by atoms with Gasteiger partial charge in [0.05, 0.1) is 21.0 Å². The molecule has 2 aromatic heterocycles. The van der Waals surface area contributed by atoms with Crippen LogP contribution < -0.4 is 5.43 Å². The van der Waals surface area contributed by atoms with Gasteiger partial charge in [0.1, 0.15) is 4.88 Å². The molecule has 2 heterocycles. The minimum absolute atomic E-state index is 0.0188. The molecule has 23 heavy (non-hydrogen) atoms. The van der Waals surface area contributed by atoms with Crippen LogP contribution in [0.5, 0.6) is 0 Å². The zero-order valence-corrected chi connectivity index (χ0v) is 13.7. The van der Waals surface area contributed by atoms with E-state index >= 15 is 0 Å². The maximum atomic E-state index is 12.1. The number of rotatable bonds is 4. The van der Waals surface area contributed by atoms with Crippen LogP contribution in [0.1, 0.15) is 14.5 Å². The van der Waals surface area contributed by atoms with Gasteiger partial charge in [0.25, 0.3) is 5.91 Å². The number of halogens is 1. The Kier molecular flexibility index (Phi) is 4.37. The summed E-state index contributed by atoms with van der Waals surface area (Å²) >= 11 is 8.46. The van der Waals surface area contributed by atoms with Crippen LogP contribution in [0, 0.1) is 10.1 Å². The van der Waals surface area contributed by atoms with E-state index in [1.807, 2.05) is 24.3 Å². The number of thiophene rings is 2. The molecule has 1 aromatic carbocycles. The average Bonchev–Trinajstić information content (AvgIpc) is 3.13. The zero-order valence-electron chi connectivity index (χ0n) is 11.4. The van der Waals surface area contributed by atoms with E-state index < -0.39 is 10.8 Å². The van der Waals surface area contributed by atoms with Gasteiger partial charge < -0.3 is 0 Å². The number of nitrogens with one attached hydrogen (secondary N) is 1. The lowest BCUT2D eigenvalue weighted by Gasteiger charge is -1.96. The summed E-state index contributed by atoms with van der Waals surface area (Å²) in [5.74, 6) is -0.418. The molecular formula is C14H8ClN3O3S2. The second-order valence-electron chi connectivity index (χ2n) is 4.37. The molecule has 1 N–H and O–H groups in total.